The molecule has 0 radical (unpaired) electrons. The van der Waals surface area contributed by atoms with E-state index in [-0.39, 0.29) is 5.97 Å². The van der Waals surface area contributed by atoms with Gasteiger partial charge in [0.1, 0.15) is 0 Å². The molecule has 0 bridgehead atoms. The normalized spacial score (nSPS) is 21.0. The number of esters is 1. The molecular formula is C8H10O3. The molecule has 0 amide bonds. The third-order valence-corrected chi connectivity index (χ3v) is 1.21. The third kappa shape index (κ3) is 2.45. The zero-order chi connectivity index (χ0) is 8.10. The van der Waals surface area contributed by atoms with Crippen LogP contribution >= 0.6 is 0 Å². The molecule has 0 aromatic carbocycles. The first-order valence-corrected chi connectivity index (χ1v) is 3.51. The summed E-state index contributed by atoms with van der Waals surface area (Å²) in [4.78, 5) is 10.7. The highest BCUT2D eigenvalue weighted by Crippen LogP contribution is 2.04. The van der Waals surface area contributed by atoms with Gasteiger partial charge in [0.25, 0.3) is 6.29 Å². The number of hydrogen-bond acceptors (Lipinski definition) is 3. The number of allylic oxidation sites excluding steroid dienone is 2. The fraction of sp³-hybridized carbons (Fsp3) is 0.375. The average molecular weight is 154 g/mol. The Balaban J connectivity index is 2.33. The van der Waals surface area contributed by atoms with Crippen molar-refractivity contribution >= 4 is 5.97 Å². The number of hydrogen-bond donors (Lipinski definition) is 0. The second kappa shape index (κ2) is 3.81. The summed E-state index contributed by atoms with van der Waals surface area (Å²) in [6.07, 6.45) is 6.51. The van der Waals surface area contributed by atoms with Gasteiger partial charge in [-0.15, -0.1) is 0 Å². The first-order chi connectivity index (χ1) is 5.33. The van der Waals surface area contributed by atoms with Gasteiger partial charge in [-0.25, -0.2) is 0 Å². The minimum Gasteiger partial charge on any atom is -0.459 e. The molecule has 1 unspecified atom stereocenters. The molecule has 0 aliphatic carbocycles. The van der Waals surface area contributed by atoms with Gasteiger partial charge < -0.3 is 9.47 Å². The molecule has 3 nitrogen and oxygen atoms in total. The minimum atomic E-state index is -0.535. The highest BCUT2D eigenvalue weighted by molar-refractivity contribution is 5.69. The largest absolute Gasteiger partial charge is 0.459 e. The van der Waals surface area contributed by atoms with Crippen LogP contribution in [0.25, 0.3) is 0 Å². The second-order valence-corrected chi connectivity index (χ2v) is 2.06. The zero-order valence-corrected chi connectivity index (χ0v) is 6.32. The average Bonchev–Trinajstić information content (AvgIpc) is 2.06. The van der Waals surface area contributed by atoms with Gasteiger partial charge in [-0.1, -0.05) is 13.0 Å². The Morgan fingerprint density at radius 2 is 2.45 bits per heavy atom. The molecular weight excluding hydrogens is 144 g/mol. The molecule has 1 heterocycles. The highest BCUT2D eigenvalue weighted by atomic mass is 16.7. The van der Waals surface area contributed by atoms with Crippen molar-refractivity contribution in [2.45, 2.75) is 19.6 Å². The Hall–Kier alpha value is -1.25. The van der Waals surface area contributed by atoms with Crippen molar-refractivity contribution in [1.82, 2.24) is 0 Å². The lowest BCUT2D eigenvalue weighted by Gasteiger charge is -2.14. The SMILES string of the molecule is CCC(=O)OC1C=CC=CO1. The van der Waals surface area contributed by atoms with Crippen molar-refractivity contribution in [2.24, 2.45) is 0 Å². The maximum Gasteiger partial charge on any atom is 0.308 e. The predicted octanol–water partition coefficient (Wildman–Crippen LogP) is 1.37. The Morgan fingerprint density at radius 3 is 3.00 bits per heavy atom. The fourth-order valence-corrected chi connectivity index (χ4v) is 0.648. The summed E-state index contributed by atoms with van der Waals surface area (Å²) in [5.41, 5.74) is 0. The molecule has 0 aromatic rings. The summed E-state index contributed by atoms with van der Waals surface area (Å²) in [5.74, 6) is -0.255. The van der Waals surface area contributed by atoms with Crippen LogP contribution in [0, 0.1) is 0 Å². The van der Waals surface area contributed by atoms with E-state index in [0.717, 1.165) is 0 Å². The van der Waals surface area contributed by atoms with Crippen molar-refractivity contribution in [2.75, 3.05) is 0 Å². The van der Waals surface area contributed by atoms with E-state index in [0.29, 0.717) is 6.42 Å². The molecule has 0 saturated carbocycles. The molecule has 1 aliphatic rings. The quantitative estimate of drug-likeness (QED) is 0.563. The van der Waals surface area contributed by atoms with Crippen molar-refractivity contribution < 1.29 is 14.3 Å². The van der Waals surface area contributed by atoms with Crippen molar-refractivity contribution in [3.05, 3.63) is 24.5 Å². The van der Waals surface area contributed by atoms with Crippen LogP contribution in [0.4, 0.5) is 0 Å². The lowest BCUT2D eigenvalue weighted by atomic mass is 10.4. The van der Waals surface area contributed by atoms with Gasteiger partial charge in [-0.2, -0.15) is 0 Å². The molecule has 11 heavy (non-hydrogen) atoms. The van der Waals surface area contributed by atoms with E-state index in [1.54, 1.807) is 25.2 Å². The monoisotopic (exact) mass is 154 g/mol. The molecule has 1 aliphatic heterocycles. The van der Waals surface area contributed by atoms with E-state index < -0.39 is 6.29 Å². The van der Waals surface area contributed by atoms with Gasteiger partial charge in [0.2, 0.25) is 0 Å². The summed E-state index contributed by atoms with van der Waals surface area (Å²) in [6, 6.07) is 0. The van der Waals surface area contributed by atoms with Gasteiger partial charge in [0.15, 0.2) is 0 Å². The highest BCUT2D eigenvalue weighted by Gasteiger charge is 2.09. The van der Waals surface area contributed by atoms with Crippen molar-refractivity contribution in [3.8, 4) is 0 Å². The predicted molar refractivity (Wildman–Crippen MR) is 39.5 cm³/mol. The molecule has 0 fully saturated rings. The summed E-state index contributed by atoms with van der Waals surface area (Å²) in [6.45, 7) is 1.74. The van der Waals surface area contributed by atoms with Crippen LogP contribution in [0.3, 0.4) is 0 Å². The number of carbonyl (C=O) groups excluding carboxylic acids is 1. The van der Waals surface area contributed by atoms with Crippen LogP contribution in [0.5, 0.6) is 0 Å². The van der Waals surface area contributed by atoms with Crippen molar-refractivity contribution in [3.63, 3.8) is 0 Å². The van der Waals surface area contributed by atoms with E-state index >= 15 is 0 Å². The molecule has 1 atom stereocenters. The first-order valence-electron chi connectivity index (χ1n) is 3.51. The summed E-state index contributed by atoms with van der Waals surface area (Å²) < 4.78 is 9.78. The smallest absolute Gasteiger partial charge is 0.308 e. The third-order valence-electron chi connectivity index (χ3n) is 1.21. The number of rotatable bonds is 2. The summed E-state index contributed by atoms with van der Waals surface area (Å²) >= 11 is 0. The molecule has 60 valence electrons. The molecule has 3 heteroatoms. The van der Waals surface area contributed by atoms with Gasteiger partial charge in [0, 0.05) is 6.42 Å². The Bertz CT molecular complexity index is 194. The Morgan fingerprint density at radius 1 is 1.64 bits per heavy atom. The topological polar surface area (TPSA) is 35.5 Å². The molecule has 0 N–H and O–H groups in total. The number of ether oxygens (including phenoxy) is 2. The van der Waals surface area contributed by atoms with E-state index in [9.17, 15) is 4.79 Å². The standard InChI is InChI=1S/C8H10O3/c1-2-7(9)11-8-5-3-4-6-10-8/h3-6,8H,2H2,1H3. The van der Waals surface area contributed by atoms with Crippen LogP contribution in [0.15, 0.2) is 24.5 Å². The van der Waals surface area contributed by atoms with Crippen LogP contribution in [-0.4, -0.2) is 12.3 Å². The summed E-state index contributed by atoms with van der Waals surface area (Å²) in [7, 11) is 0. The van der Waals surface area contributed by atoms with E-state index in [1.165, 1.54) is 6.26 Å². The Labute approximate surface area is 65.3 Å². The van der Waals surface area contributed by atoms with Crippen LogP contribution in [0.1, 0.15) is 13.3 Å². The zero-order valence-electron chi connectivity index (χ0n) is 6.32. The minimum absolute atomic E-state index is 0.255. The van der Waals surface area contributed by atoms with Crippen LogP contribution < -0.4 is 0 Å². The van der Waals surface area contributed by atoms with Gasteiger partial charge >= 0.3 is 5.97 Å². The first kappa shape index (κ1) is 7.85. The maximum absolute atomic E-state index is 10.7. The van der Waals surface area contributed by atoms with Gasteiger partial charge in [0.05, 0.1) is 6.26 Å². The second-order valence-electron chi connectivity index (χ2n) is 2.06. The molecule has 1 rings (SSSR count). The molecule has 0 saturated heterocycles. The Kier molecular flexibility index (Phi) is 2.72. The van der Waals surface area contributed by atoms with E-state index in [1.807, 2.05) is 0 Å². The van der Waals surface area contributed by atoms with Crippen LogP contribution in [-0.2, 0) is 14.3 Å². The van der Waals surface area contributed by atoms with Gasteiger partial charge in [-0.3, -0.25) is 4.79 Å². The summed E-state index contributed by atoms with van der Waals surface area (Å²) in [5, 5.41) is 0. The van der Waals surface area contributed by atoms with Crippen molar-refractivity contribution in [1.29, 1.82) is 0 Å². The van der Waals surface area contributed by atoms with Gasteiger partial charge in [-0.05, 0) is 12.2 Å². The molecule has 0 aromatic heterocycles. The number of carbonyl (C=O) groups is 1. The lowest BCUT2D eigenvalue weighted by Crippen LogP contribution is -2.17. The van der Waals surface area contributed by atoms with E-state index in [2.05, 4.69) is 0 Å². The van der Waals surface area contributed by atoms with Crippen LogP contribution in [0.2, 0.25) is 0 Å². The maximum atomic E-state index is 10.7. The van der Waals surface area contributed by atoms with E-state index in [4.69, 9.17) is 9.47 Å². The fourth-order valence-electron chi connectivity index (χ4n) is 0.648. The molecule has 0 spiro atoms. The lowest BCUT2D eigenvalue weighted by molar-refractivity contribution is -0.161.